The van der Waals surface area contributed by atoms with Gasteiger partial charge in [0.05, 0.1) is 0 Å². The number of benzene rings is 2. The highest BCUT2D eigenvalue weighted by atomic mass is 16.5. The van der Waals surface area contributed by atoms with Crippen molar-refractivity contribution in [3.05, 3.63) is 59.7 Å². The van der Waals surface area contributed by atoms with Gasteiger partial charge in [-0.25, -0.2) is 0 Å². The molecule has 0 fully saturated rings. The SMILES string of the molecule is CCC(C)c1ccccc1Oc1ccccc1C. The van der Waals surface area contributed by atoms with Crippen LogP contribution in [-0.4, -0.2) is 0 Å². The molecular weight excluding hydrogens is 220 g/mol. The van der Waals surface area contributed by atoms with Gasteiger partial charge in [0.15, 0.2) is 0 Å². The summed E-state index contributed by atoms with van der Waals surface area (Å²) in [5, 5.41) is 0. The van der Waals surface area contributed by atoms with E-state index in [9.17, 15) is 0 Å². The van der Waals surface area contributed by atoms with Gasteiger partial charge in [0.1, 0.15) is 11.5 Å². The van der Waals surface area contributed by atoms with Crippen LogP contribution in [0.15, 0.2) is 48.5 Å². The topological polar surface area (TPSA) is 9.23 Å². The Labute approximate surface area is 109 Å². The summed E-state index contributed by atoms with van der Waals surface area (Å²) in [4.78, 5) is 0. The van der Waals surface area contributed by atoms with Crippen LogP contribution in [0, 0.1) is 6.92 Å². The fourth-order valence-corrected chi connectivity index (χ4v) is 1.99. The van der Waals surface area contributed by atoms with Crippen LogP contribution in [0.25, 0.3) is 0 Å². The second-order valence-electron chi connectivity index (χ2n) is 4.71. The lowest BCUT2D eigenvalue weighted by Gasteiger charge is -2.16. The smallest absolute Gasteiger partial charge is 0.130 e. The molecule has 0 bridgehead atoms. The molecule has 0 radical (unpaired) electrons. The van der Waals surface area contributed by atoms with Crippen LogP contribution >= 0.6 is 0 Å². The first-order valence-electron chi connectivity index (χ1n) is 6.54. The first-order chi connectivity index (χ1) is 8.72. The molecule has 0 saturated carbocycles. The van der Waals surface area contributed by atoms with Crippen molar-refractivity contribution in [2.24, 2.45) is 0 Å². The average molecular weight is 240 g/mol. The Morgan fingerprint density at radius 3 is 2.22 bits per heavy atom. The fourth-order valence-electron chi connectivity index (χ4n) is 1.99. The van der Waals surface area contributed by atoms with Gasteiger partial charge in [-0.15, -0.1) is 0 Å². The van der Waals surface area contributed by atoms with Crippen LogP contribution in [0.3, 0.4) is 0 Å². The molecule has 1 nitrogen and oxygen atoms in total. The maximum absolute atomic E-state index is 6.06. The van der Waals surface area contributed by atoms with Crippen molar-refractivity contribution in [1.82, 2.24) is 0 Å². The van der Waals surface area contributed by atoms with Crippen molar-refractivity contribution in [2.75, 3.05) is 0 Å². The molecule has 0 N–H and O–H groups in total. The molecule has 2 aromatic carbocycles. The van der Waals surface area contributed by atoms with Gasteiger partial charge in [-0.2, -0.15) is 0 Å². The first kappa shape index (κ1) is 12.7. The maximum atomic E-state index is 6.06. The van der Waals surface area contributed by atoms with Gasteiger partial charge in [0, 0.05) is 0 Å². The molecule has 0 aliphatic carbocycles. The van der Waals surface area contributed by atoms with Crippen molar-refractivity contribution in [2.45, 2.75) is 33.1 Å². The molecule has 94 valence electrons. The summed E-state index contributed by atoms with van der Waals surface area (Å²) in [5.41, 5.74) is 2.44. The second kappa shape index (κ2) is 5.72. The first-order valence-corrected chi connectivity index (χ1v) is 6.54. The minimum Gasteiger partial charge on any atom is -0.457 e. The highest BCUT2D eigenvalue weighted by molar-refractivity contribution is 5.42. The van der Waals surface area contributed by atoms with Crippen LogP contribution in [-0.2, 0) is 0 Å². The summed E-state index contributed by atoms with van der Waals surface area (Å²) >= 11 is 0. The molecule has 18 heavy (non-hydrogen) atoms. The zero-order valence-corrected chi connectivity index (χ0v) is 11.3. The second-order valence-corrected chi connectivity index (χ2v) is 4.71. The number of rotatable bonds is 4. The summed E-state index contributed by atoms with van der Waals surface area (Å²) in [6.07, 6.45) is 1.12. The number of hydrogen-bond acceptors (Lipinski definition) is 1. The third kappa shape index (κ3) is 2.73. The quantitative estimate of drug-likeness (QED) is 0.704. The summed E-state index contributed by atoms with van der Waals surface area (Å²) < 4.78 is 6.06. The maximum Gasteiger partial charge on any atom is 0.130 e. The van der Waals surface area contributed by atoms with Crippen molar-refractivity contribution in [3.63, 3.8) is 0 Å². The highest BCUT2D eigenvalue weighted by Gasteiger charge is 2.10. The van der Waals surface area contributed by atoms with E-state index in [1.54, 1.807) is 0 Å². The minimum absolute atomic E-state index is 0.519. The predicted molar refractivity (Wildman–Crippen MR) is 76.4 cm³/mol. The molecule has 1 unspecified atom stereocenters. The Bertz CT molecular complexity index is 517. The van der Waals surface area contributed by atoms with Crippen molar-refractivity contribution in [3.8, 4) is 11.5 Å². The van der Waals surface area contributed by atoms with Gasteiger partial charge in [-0.3, -0.25) is 0 Å². The van der Waals surface area contributed by atoms with Crippen LogP contribution in [0.5, 0.6) is 11.5 Å². The molecule has 0 heterocycles. The molecule has 0 aromatic heterocycles. The van der Waals surface area contributed by atoms with Crippen molar-refractivity contribution >= 4 is 0 Å². The largest absolute Gasteiger partial charge is 0.457 e. The van der Waals surface area contributed by atoms with E-state index in [4.69, 9.17) is 4.74 Å². The van der Waals surface area contributed by atoms with Gasteiger partial charge < -0.3 is 4.74 Å². The molecule has 2 rings (SSSR count). The van der Waals surface area contributed by atoms with E-state index in [1.807, 2.05) is 30.3 Å². The molecule has 0 saturated heterocycles. The lowest BCUT2D eigenvalue weighted by atomic mass is 9.98. The Morgan fingerprint density at radius 1 is 0.944 bits per heavy atom. The molecule has 0 aliphatic heterocycles. The zero-order chi connectivity index (χ0) is 13.0. The number of aryl methyl sites for hydroxylation is 1. The summed E-state index contributed by atoms with van der Waals surface area (Å²) in [6, 6.07) is 16.4. The van der Waals surface area contributed by atoms with Gasteiger partial charge >= 0.3 is 0 Å². The van der Waals surface area contributed by atoms with E-state index in [0.29, 0.717) is 5.92 Å². The van der Waals surface area contributed by atoms with Crippen LogP contribution in [0.2, 0.25) is 0 Å². The predicted octanol–water partition coefficient (Wildman–Crippen LogP) is 5.30. The number of hydrogen-bond donors (Lipinski definition) is 0. The van der Waals surface area contributed by atoms with Gasteiger partial charge in [0.2, 0.25) is 0 Å². The third-order valence-electron chi connectivity index (χ3n) is 3.38. The lowest BCUT2D eigenvalue weighted by molar-refractivity contribution is 0.467. The summed E-state index contributed by atoms with van der Waals surface area (Å²) in [6.45, 7) is 6.51. The van der Waals surface area contributed by atoms with Crippen LogP contribution < -0.4 is 4.74 Å². The van der Waals surface area contributed by atoms with E-state index >= 15 is 0 Å². The molecule has 0 spiro atoms. The molecule has 2 aromatic rings. The summed E-state index contributed by atoms with van der Waals surface area (Å²) in [5.74, 6) is 2.43. The number of para-hydroxylation sites is 2. The average Bonchev–Trinajstić information content (AvgIpc) is 2.41. The van der Waals surface area contributed by atoms with Gasteiger partial charge in [-0.05, 0) is 42.5 Å². The fraction of sp³-hybridized carbons (Fsp3) is 0.294. The van der Waals surface area contributed by atoms with Crippen LogP contribution in [0.4, 0.5) is 0 Å². The van der Waals surface area contributed by atoms with Crippen LogP contribution in [0.1, 0.15) is 37.3 Å². The van der Waals surface area contributed by atoms with Gasteiger partial charge in [0.25, 0.3) is 0 Å². The van der Waals surface area contributed by atoms with Crippen molar-refractivity contribution < 1.29 is 4.74 Å². The number of ether oxygens (including phenoxy) is 1. The normalized spacial score (nSPS) is 12.2. The zero-order valence-electron chi connectivity index (χ0n) is 11.3. The van der Waals surface area contributed by atoms with Crippen molar-refractivity contribution in [1.29, 1.82) is 0 Å². The summed E-state index contributed by atoms with van der Waals surface area (Å²) in [7, 11) is 0. The monoisotopic (exact) mass is 240 g/mol. The Kier molecular flexibility index (Phi) is 4.03. The Balaban J connectivity index is 2.32. The third-order valence-corrected chi connectivity index (χ3v) is 3.38. The van der Waals surface area contributed by atoms with Gasteiger partial charge in [-0.1, -0.05) is 50.2 Å². The lowest BCUT2D eigenvalue weighted by Crippen LogP contribution is -1.96. The van der Waals surface area contributed by atoms with E-state index in [0.717, 1.165) is 23.5 Å². The van der Waals surface area contributed by atoms with E-state index < -0.39 is 0 Å². The van der Waals surface area contributed by atoms with E-state index in [-0.39, 0.29) is 0 Å². The molecule has 0 amide bonds. The highest BCUT2D eigenvalue weighted by Crippen LogP contribution is 2.32. The molecular formula is C17H20O. The minimum atomic E-state index is 0.519. The standard InChI is InChI=1S/C17H20O/c1-4-13(2)15-10-6-8-12-17(15)18-16-11-7-5-9-14(16)3/h5-13H,4H2,1-3H3. The molecule has 1 heteroatoms. The molecule has 1 atom stereocenters. The Morgan fingerprint density at radius 2 is 1.56 bits per heavy atom. The van der Waals surface area contributed by atoms with E-state index in [1.165, 1.54) is 5.56 Å². The molecule has 0 aliphatic rings. The van der Waals surface area contributed by atoms with E-state index in [2.05, 4.69) is 39.0 Å². The Hall–Kier alpha value is -1.76.